The number of thioether (sulfide) groups is 1. The van der Waals surface area contributed by atoms with Crippen LogP contribution in [0.3, 0.4) is 0 Å². The summed E-state index contributed by atoms with van der Waals surface area (Å²) in [6.07, 6.45) is 2.15. The number of aryl methyl sites for hydroxylation is 1. The van der Waals surface area contributed by atoms with E-state index in [0.29, 0.717) is 27.9 Å². The van der Waals surface area contributed by atoms with Crippen LogP contribution < -0.4 is 16.6 Å². The van der Waals surface area contributed by atoms with Gasteiger partial charge in [-0.25, -0.2) is 19.6 Å². The molecule has 5 nitrogen and oxygen atoms in total. The van der Waals surface area contributed by atoms with Gasteiger partial charge in [0.05, 0.1) is 17.1 Å². The van der Waals surface area contributed by atoms with Gasteiger partial charge in [-0.3, -0.25) is 5.01 Å². The second kappa shape index (κ2) is 11.4. The first-order valence-electron chi connectivity index (χ1n) is 11.6. The first-order valence-corrected chi connectivity index (χ1v) is 13.2. The molecule has 0 bridgehead atoms. The molecule has 1 unspecified atom stereocenters. The zero-order valence-electron chi connectivity index (χ0n) is 20.7. The van der Waals surface area contributed by atoms with E-state index in [2.05, 4.69) is 11.1 Å². The quantitative estimate of drug-likeness (QED) is 0.138. The number of hydrogen-bond acceptors (Lipinski definition) is 5. The van der Waals surface area contributed by atoms with Crippen LogP contribution in [0, 0.1) is 6.92 Å². The van der Waals surface area contributed by atoms with Crippen molar-refractivity contribution in [3.05, 3.63) is 107 Å². The van der Waals surface area contributed by atoms with Gasteiger partial charge >= 0.3 is 0 Å². The highest BCUT2D eigenvalue weighted by Crippen LogP contribution is 2.36. The number of allylic oxidation sites excluding steroid dienone is 1. The fourth-order valence-electron chi connectivity index (χ4n) is 4.24. The lowest BCUT2D eigenvalue weighted by Crippen LogP contribution is -2.34. The van der Waals surface area contributed by atoms with Gasteiger partial charge in [0.25, 0.3) is 6.43 Å². The summed E-state index contributed by atoms with van der Waals surface area (Å²) in [6.45, 7) is 3.67. The summed E-state index contributed by atoms with van der Waals surface area (Å²) in [5, 5.41) is 2.14. The molecule has 0 aliphatic carbocycles. The first kappa shape index (κ1) is 26.7. The Kier molecular flexibility index (Phi) is 8.22. The third-order valence-corrected chi connectivity index (χ3v) is 7.26. The summed E-state index contributed by atoms with van der Waals surface area (Å²) in [5.41, 5.74) is 10.5. The van der Waals surface area contributed by atoms with Gasteiger partial charge < -0.3 is 10.3 Å². The number of halogens is 3. The Balaban J connectivity index is 1.86. The number of rotatable bonds is 8. The molecule has 4 N–H and O–H groups in total. The van der Waals surface area contributed by atoms with Crippen molar-refractivity contribution in [2.24, 2.45) is 11.6 Å². The molecule has 9 heteroatoms. The SMILES string of the molecule is CSc1cccc(-c2ccc(-n3cc(C(F)F)nc3C)c(N(N)/C(=C\N)C(C)c3ccc(Cl)cc3)c2)c1. The summed E-state index contributed by atoms with van der Waals surface area (Å²) < 4.78 is 28.5. The lowest BCUT2D eigenvalue weighted by Gasteiger charge is -2.29. The van der Waals surface area contributed by atoms with Gasteiger partial charge in [-0.15, -0.1) is 11.8 Å². The Morgan fingerprint density at radius 1 is 1.08 bits per heavy atom. The van der Waals surface area contributed by atoms with E-state index in [1.54, 1.807) is 23.3 Å². The van der Waals surface area contributed by atoms with Crippen LogP contribution >= 0.6 is 23.4 Å². The molecule has 0 radical (unpaired) electrons. The molecular weight excluding hydrogens is 512 g/mol. The van der Waals surface area contributed by atoms with Crippen LogP contribution in [0.25, 0.3) is 16.8 Å². The second-order valence-electron chi connectivity index (χ2n) is 8.55. The number of hydrazine groups is 1. The number of imidazole rings is 1. The second-order valence-corrected chi connectivity index (χ2v) is 9.87. The Labute approximate surface area is 224 Å². The number of nitrogens with two attached hydrogens (primary N) is 2. The number of benzene rings is 3. The lowest BCUT2D eigenvalue weighted by atomic mass is 9.97. The summed E-state index contributed by atoms with van der Waals surface area (Å²) in [5.74, 6) is 6.99. The molecule has 0 aliphatic rings. The summed E-state index contributed by atoms with van der Waals surface area (Å²) in [7, 11) is 0. The predicted molar refractivity (Wildman–Crippen MR) is 149 cm³/mol. The number of anilines is 1. The fraction of sp³-hybridized carbons (Fsp3) is 0.179. The standard InChI is InChI=1S/C28H28ClF2N5S/c1-17(19-7-10-22(29)11-8-19)27(15-32)36(33)26-14-21(20-5-4-6-23(13-20)37-3)9-12-25(26)35-16-24(28(30)31)34-18(35)2/h4-17,28H,32-33H2,1-3H3/b27-15-. The topological polar surface area (TPSA) is 73.1 Å². The summed E-state index contributed by atoms with van der Waals surface area (Å²) >= 11 is 7.73. The average molecular weight is 540 g/mol. The Hall–Kier alpha value is -3.33. The number of alkyl halides is 2. The maximum atomic E-state index is 13.4. The Morgan fingerprint density at radius 3 is 2.41 bits per heavy atom. The van der Waals surface area contributed by atoms with Crippen molar-refractivity contribution >= 4 is 29.1 Å². The first-order chi connectivity index (χ1) is 17.7. The van der Waals surface area contributed by atoms with E-state index in [9.17, 15) is 8.78 Å². The highest BCUT2D eigenvalue weighted by atomic mass is 35.5. The number of nitrogens with zero attached hydrogens (tertiary/aromatic N) is 3. The van der Waals surface area contributed by atoms with Gasteiger partial charge in [-0.1, -0.05) is 48.9 Å². The Bertz CT molecular complexity index is 1420. The Morgan fingerprint density at radius 2 is 1.78 bits per heavy atom. The van der Waals surface area contributed by atoms with Crippen molar-refractivity contribution in [1.82, 2.24) is 9.55 Å². The zero-order valence-corrected chi connectivity index (χ0v) is 22.3. The van der Waals surface area contributed by atoms with Crippen molar-refractivity contribution < 1.29 is 8.78 Å². The van der Waals surface area contributed by atoms with Crippen LogP contribution in [-0.4, -0.2) is 15.8 Å². The molecule has 3 aromatic carbocycles. The molecule has 192 valence electrons. The largest absolute Gasteiger partial charge is 0.403 e. The van der Waals surface area contributed by atoms with E-state index in [4.69, 9.17) is 23.2 Å². The molecule has 1 heterocycles. The highest BCUT2D eigenvalue weighted by molar-refractivity contribution is 7.98. The van der Waals surface area contributed by atoms with Crippen LogP contribution in [0.4, 0.5) is 14.5 Å². The smallest absolute Gasteiger partial charge is 0.281 e. The number of aromatic nitrogens is 2. The van der Waals surface area contributed by atoms with Crippen LogP contribution in [-0.2, 0) is 0 Å². The molecule has 0 amide bonds. The molecule has 0 spiro atoms. The highest BCUT2D eigenvalue weighted by Gasteiger charge is 2.23. The summed E-state index contributed by atoms with van der Waals surface area (Å²) in [4.78, 5) is 5.17. The molecular formula is C28H28ClF2N5S. The van der Waals surface area contributed by atoms with E-state index < -0.39 is 6.43 Å². The van der Waals surface area contributed by atoms with Crippen LogP contribution in [0.5, 0.6) is 0 Å². The van der Waals surface area contributed by atoms with Crippen molar-refractivity contribution in [2.45, 2.75) is 31.1 Å². The molecule has 1 atom stereocenters. The van der Waals surface area contributed by atoms with Crippen molar-refractivity contribution in [1.29, 1.82) is 0 Å². The van der Waals surface area contributed by atoms with E-state index in [1.807, 2.05) is 73.8 Å². The van der Waals surface area contributed by atoms with E-state index >= 15 is 0 Å². The minimum atomic E-state index is -2.68. The van der Waals surface area contributed by atoms with Gasteiger partial charge in [0.2, 0.25) is 0 Å². The van der Waals surface area contributed by atoms with E-state index in [1.165, 1.54) is 17.4 Å². The van der Waals surface area contributed by atoms with Gasteiger partial charge in [0, 0.05) is 28.2 Å². The van der Waals surface area contributed by atoms with Gasteiger partial charge in [0.1, 0.15) is 11.5 Å². The van der Waals surface area contributed by atoms with Crippen molar-refractivity contribution in [3.63, 3.8) is 0 Å². The van der Waals surface area contributed by atoms with Crippen LogP contribution in [0.2, 0.25) is 5.02 Å². The molecule has 4 rings (SSSR count). The molecule has 4 aromatic rings. The minimum Gasteiger partial charge on any atom is -0.403 e. The van der Waals surface area contributed by atoms with E-state index in [-0.39, 0.29) is 11.6 Å². The third-order valence-electron chi connectivity index (χ3n) is 6.28. The van der Waals surface area contributed by atoms with E-state index in [0.717, 1.165) is 21.6 Å². The van der Waals surface area contributed by atoms with Crippen LogP contribution in [0.1, 0.15) is 36.3 Å². The molecule has 0 saturated heterocycles. The fourth-order valence-corrected chi connectivity index (χ4v) is 4.83. The number of hydrogen-bond donors (Lipinski definition) is 2. The molecule has 0 aliphatic heterocycles. The maximum absolute atomic E-state index is 13.4. The average Bonchev–Trinajstić information content (AvgIpc) is 3.30. The van der Waals surface area contributed by atoms with Crippen molar-refractivity contribution in [3.8, 4) is 16.8 Å². The van der Waals surface area contributed by atoms with Crippen LogP contribution in [0.15, 0.2) is 89.7 Å². The normalized spacial score (nSPS) is 12.7. The molecule has 37 heavy (non-hydrogen) atoms. The van der Waals surface area contributed by atoms with Gasteiger partial charge in [-0.05, 0) is 66.3 Å². The maximum Gasteiger partial charge on any atom is 0.281 e. The summed E-state index contributed by atoms with van der Waals surface area (Å²) in [6, 6.07) is 21.4. The lowest BCUT2D eigenvalue weighted by molar-refractivity contribution is 0.146. The predicted octanol–water partition coefficient (Wildman–Crippen LogP) is 7.44. The monoisotopic (exact) mass is 539 g/mol. The third kappa shape index (κ3) is 5.66. The molecule has 1 aromatic heterocycles. The minimum absolute atomic E-state index is 0.177. The molecule has 0 saturated carbocycles. The molecule has 0 fully saturated rings. The van der Waals surface area contributed by atoms with Gasteiger partial charge in [-0.2, -0.15) is 0 Å². The van der Waals surface area contributed by atoms with Gasteiger partial charge in [0.15, 0.2) is 0 Å². The van der Waals surface area contributed by atoms with Crippen molar-refractivity contribution in [2.75, 3.05) is 11.3 Å². The zero-order chi connectivity index (χ0) is 26.7.